The number of para-hydroxylation sites is 1. The monoisotopic (exact) mass is 397 g/mol. The molecule has 0 N–H and O–H groups in total. The maximum absolute atomic E-state index is 13.6. The Morgan fingerprint density at radius 1 is 1.10 bits per heavy atom. The number of amides is 1. The first-order valence-corrected chi connectivity index (χ1v) is 11.2. The summed E-state index contributed by atoms with van der Waals surface area (Å²) < 4.78 is 7.98. The second-order valence-corrected chi connectivity index (χ2v) is 9.13. The largest absolute Gasteiger partial charge is 0.495 e. The molecule has 2 unspecified atom stereocenters. The van der Waals surface area contributed by atoms with Gasteiger partial charge in [0.2, 0.25) is 0 Å². The van der Waals surface area contributed by atoms with Gasteiger partial charge >= 0.3 is 0 Å². The number of carbonyl (C=O) groups is 1. The highest BCUT2D eigenvalue weighted by molar-refractivity contribution is 6.08. The molecule has 1 aliphatic heterocycles. The van der Waals surface area contributed by atoms with Crippen molar-refractivity contribution in [3.05, 3.63) is 30.0 Å². The lowest BCUT2D eigenvalue weighted by Crippen LogP contribution is -2.56. The fourth-order valence-electron chi connectivity index (χ4n) is 5.19. The topological polar surface area (TPSA) is 37.7 Å². The zero-order valence-electron chi connectivity index (χ0n) is 18.4. The Hall–Kier alpha value is -2.01. The maximum atomic E-state index is 13.6. The van der Waals surface area contributed by atoms with Crippen molar-refractivity contribution in [2.45, 2.75) is 64.6 Å². The molecule has 2 aliphatic rings. The van der Waals surface area contributed by atoms with Crippen LogP contribution in [-0.4, -0.2) is 59.6 Å². The van der Waals surface area contributed by atoms with Gasteiger partial charge in [-0.2, -0.15) is 0 Å². The summed E-state index contributed by atoms with van der Waals surface area (Å²) in [5.74, 6) is 1.70. The van der Waals surface area contributed by atoms with Crippen LogP contribution in [0.25, 0.3) is 10.9 Å². The summed E-state index contributed by atoms with van der Waals surface area (Å²) >= 11 is 0. The molecule has 2 aromatic rings. The minimum Gasteiger partial charge on any atom is -0.495 e. The van der Waals surface area contributed by atoms with Gasteiger partial charge < -0.3 is 14.2 Å². The van der Waals surface area contributed by atoms with Crippen LogP contribution in [0, 0.1) is 5.92 Å². The zero-order chi connectivity index (χ0) is 20.5. The lowest BCUT2D eigenvalue weighted by Gasteiger charge is -2.42. The Bertz CT molecular complexity index is 856. The number of fused-ring (bicyclic) bond motifs is 1. The Morgan fingerprint density at radius 2 is 1.79 bits per heavy atom. The van der Waals surface area contributed by atoms with Crippen molar-refractivity contribution >= 4 is 16.8 Å². The first kappa shape index (κ1) is 20.3. The van der Waals surface area contributed by atoms with E-state index in [2.05, 4.69) is 42.6 Å². The number of carbonyl (C=O) groups excluding carboxylic acids is 1. The summed E-state index contributed by atoms with van der Waals surface area (Å²) in [6, 6.07) is 6.82. The highest BCUT2D eigenvalue weighted by Crippen LogP contribution is 2.34. The number of nitrogens with zero attached hydrogens (tertiary/aromatic N) is 3. The fourth-order valence-corrected chi connectivity index (χ4v) is 5.19. The summed E-state index contributed by atoms with van der Waals surface area (Å²) in [6.07, 6.45) is 8.67. The van der Waals surface area contributed by atoms with Crippen molar-refractivity contribution in [1.82, 2.24) is 14.4 Å². The minimum absolute atomic E-state index is 0.150. The molecular weight excluding hydrogens is 362 g/mol. The van der Waals surface area contributed by atoms with E-state index in [-0.39, 0.29) is 5.91 Å². The molecular formula is C24H35N3O2. The first-order valence-electron chi connectivity index (χ1n) is 11.2. The summed E-state index contributed by atoms with van der Waals surface area (Å²) in [5.41, 5.74) is 1.89. The maximum Gasteiger partial charge on any atom is 0.256 e. The highest BCUT2D eigenvalue weighted by atomic mass is 16.5. The molecule has 5 nitrogen and oxygen atoms in total. The molecule has 1 amide bonds. The van der Waals surface area contributed by atoms with Gasteiger partial charge in [-0.15, -0.1) is 0 Å². The Kier molecular flexibility index (Phi) is 5.86. The molecule has 0 spiro atoms. The summed E-state index contributed by atoms with van der Waals surface area (Å²) in [6.45, 7) is 6.92. The molecule has 29 heavy (non-hydrogen) atoms. The van der Waals surface area contributed by atoms with E-state index >= 15 is 0 Å². The Labute approximate surface area is 174 Å². The number of hydrogen-bond donors (Lipinski definition) is 0. The number of rotatable bonds is 4. The van der Waals surface area contributed by atoms with E-state index in [1.807, 2.05) is 17.0 Å². The number of piperazine rings is 1. The van der Waals surface area contributed by atoms with Crippen LogP contribution >= 0.6 is 0 Å². The van der Waals surface area contributed by atoms with Crippen molar-refractivity contribution in [3.8, 4) is 5.75 Å². The minimum atomic E-state index is 0.150. The van der Waals surface area contributed by atoms with Crippen molar-refractivity contribution in [1.29, 1.82) is 0 Å². The van der Waals surface area contributed by atoms with Crippen LogP contribution in [0.1, 0.15) is 56.3 Å². The lowest BCUT2D eigenvalue weighted by atomic mass is 9.89. The molecule has 1 saturated heterocycles. The number of ether oxygens (including phenoxy) is 1. The van der Waals surface area contributed by atoms with Crippen molar-refractivity contribution < 1.29 is 9.53 Å². The number of benzene rings is 1. The molecule has 1 aliphatic carbocycles. The van der Waals surface area contributed by atoms with E-state index in [4.69, 9.17) is 4.74 Å². The van der Waals surface area contributed by atoms with E-state index < -0.39 is 0 Å². The molecule has 4 rings (SSSR count). The third kappa shape index (κ3) is 3.89. The average molecular weight is 398 g/mol. The Balaban J connectivity index is 1.69. The summed E-state index contributed by atoms with van der Waals surface area (Å²) in [4.78, 5) is 18.0. The van der Waals surface area contributed by atoms with Gasteiger partial charge in [0.1, 0.15) is 5.75 Å². The van der Waals surface area contributed by atoms with E-state index in [0.29, 0.717) is 18.0 Å². The van der Waals surface area contributed by atoms with Crippen LogP contribution in [0.15, 0.2) is 24.4 Å². The fraction of sp³-hybridized carbons (Fsp3) is 0.625. The summed E-state index contributed by atoms with van der Waals surface area (Å²) in [5, 5.41) is 1.02. The first-order chi connectivity index (χ1) is 14.0. The van der Waals surface area contributed by atoms with E-state index in [1.54, 1.807) is 7.11 Å². The molecule has 2 heterocycles. The smallest absolute Gasteiger partial charge is 0.256 e. The standard InChI is InChI=1S/C24H35N3O2/c1-17-13-27(14-18(2)25(17)3)24(28)21-16-26(15-19-9-6-5-7-10-19)23-20(21)11-8-12-22(23)29-4/h8,11-12,16-19H,5-7,9-10,13-15H2,1-4H3. The van der Waals surface area contributed by atoms with Crippen LogP contribution in [0.2, 0.25) is 0 Å². The Morgan fingerprint density at radius 3 is 2.45 bits per heavy atom. The third-order valence-electron chi connectivity index (χ3n) is 7.14. The van der Waals surface area contributed by atoms with Gasteiger partial charge in [-0.25, -0.2) is 0 Å². The number of aromatic nitrogens is 1. The molecule has 2 atom stereocenters. The third-order valence-corrected chi connectivity index (χ3v) is 7.14. The average Bonchev–Trinajstić information content (AvgIpc) is 3.10. The van der Waals surface area contributed by atoms with Gasteiger partial charge in [-0.3, -0.25) is 9.69 Å². The van der Waals surface area contributed by atoms with Crippen LogP contribution in [0.3, 0.4) is 0 Å². The van der Waals surface area contributed by atoms with Gasteiger partial charge in [0.25, 0.3) is 5.91 Å². The van der Waals surface area contributed by atoms with Gasteiger partial charge in [0.15, 0.2) is 0 Å². The quantitative estimate of drug-likeness (QED) is 0.768. The molecule has 2 fully saturated rings. The molecule has 158 valence electrons. The molecule has 0 bridgehead atoms. The van der Waals surface area contributed by atoms with Gasteiger partial charge in [-0.05, 0) is 45.7 Å². The molecule has 5 heteroatoms. The predicted octanol–water partition coefficient (Wildman–Crippen LogP) is 4.39. The number of methoxy groups -OCH3 is 1. The van der Waals surface area contributed by atoms with Crippen LogP contribution in [-0.2, 0) is 6.54 Å². The molecule has 1 aromatic carbocycles. The highest BCUT2D eigenvalue weighted by Gasteiger charge is 2.31. The number of likely N-dealkylation sites (N-methyl/N-ethyl adjacent to an activating group) is 1. The van der Waals surface area contributed by atoms with E-state index in [0.717, 1.165) is 41.9 Å². The van der Waals surface area contributed by atoms with Crippen molar-refractivity contribution in [2.75, 3.05) is 27.2 Å². The molecule has 0 radical (unpaired) electrons. The van der Waals surface area contributed by atoms with Gasteiger partial charge in [0.05, 0.1) is 18.2 Å². The van der Waals surface area contributed by atoms with Gasteiger partial charge in [-0.1, -0.05) is 31.4 Å². The van der Waals surface area contributed by atoms with Crippen LogP contribution in [0.4, 0.5) is 0 Å². The lowest BCUT2D eigenvalue weighted by molar-refractivity contribution is 0.0415. The SMILES string of the molecule is COc1cccc2c(C(=O)N3CC(C)N(C)C(C)C3)cn(CC3CCCCC3)c12. The molecule has 1 saturated carbocycles. The van der Waals surface area contributed by atoms with E-state index in [9.17, 15) is 4.79 Å². The van der Waals surface area contributed by atoms with Gasteiger partial charge in [0, 0.05) is 43.3 Å². The van der Waals surface area contributed by atoms with Crippen LogP contribution < -0.4 is 4.74 Å². The van der Waals surface area contributed by atoms with Crippen LogP contribution in [0.5, 0.6) is 5.75 Å². The second-order valence-electron chi connectivity index (χ2n) is 9.13. The van der Waals surface area contributed by atoms with Crippen molar-refractivity contribution in [3.63, 3.8) is 0 Å². The van der Waals surface area contributed by atoms with Crippen molar-refractivity contribution in [2.24, 2.45) is 5.92 Å². The van der Waals surface area contributed by atoms with E-state index in [1.165, 1.54) is 32.1 Å². The molecule has 1 aromatic heterocycles. The zero-order valence-corrected chi connectivity index (χ0v) is 18.4. The second kappa shape index (κ2) is 8.39. The number of hydrogen-bond acceptors (Lipinski definition) is 3. The summed E-state index contributed by atoms with van der Waals surface area (Å²) in [7, 11) is 3.87. The predicted molar refractivity (Wildman–Crippen MR) is 118 cm³/mol. The normalized spacial score (nSPS) is 24.2.